The number of fused-ring (bicyclic) bond motifs is 3. The first-order chi connectivity index (χ1) is 10.9. The van der Waals surface area contributed by atoms with Gasteiger partial charge in [0.25, 0.3) is 0 Å². The lowest BCUT2D eigenvalue weighted by atomic mass is 9.80. The van der Waals surface area contributed by atoms with E-state index in [2.05, 4.69) is 58.7 Å². The maximum atomic E-state index is 5.46. The van der Waals surface area contributed by atoms with E-state index in [1.165, 1.54) is 16.7 Å². The second kappa shape index (κ2) is 8.21. The molecule has 2 aromatic carbocycles. The van der Waals surface area contributed by atoms with Gasteiger partial charge in [-0.05, 0) is 28.8 Å². The van der Waals surface area contributed by atoms with E-state index in [0.29, 0.717) is 12.0 Å². The van der Waals surface area contributed by atoms with Crippen LogP contribution in [0.4, 0.5) is 0 Å². The number of ether oxygens (including phenoxy) is 1. The predicted octanol–water partition coefficient (Wildman–Crippen LogP) is 3.63. The van der Waals surface area contributed by atoms with Crippen LogP contribution in [0.5, 0.6) is 5.75 Å². The van der Waals surface area contributed by atoms with Gasteiger partial charge >= 0.3 is 0 Å². The van der Waals surface area contributed by atoms with Gasteiger partial charge in [0.15, 0.2) is 0 Å². The minimum atomic E-state index is 0. The van der Waals surface area contributed by atoms with Crippen LogP contribution in [-0.2, 0) is 0 Å². The van der Waals surface area contributed by atoms with E-state index in [0.717, 1.165) is 31.9 Å². The van der Waals surface area contributed by atoms with E-state index in [1.807, 2.05) is 0 Å². The van der Waals surface area contributed by atoms with E-state index in [4.69, 9.17) is 4.74 Å². The molecule has 3 nitrogen and oxygen atoms in total. The van der Waals surface area contributed by atoms with Gasteiger partial charge in [0.2, 0.25) is 0 Å². The van der Waals surface area contributed by atoms with Crippen molar-refractivity contribution in [3.05, 3.63) is 65.2 Å². The van der Waals surface area contributed by atoms with Crippen LogP contribution in [0.25, 0.3) is 0 Å². The zero-order chi connectivity index (χ0) is 14.9. The third kappa shape index (κ3) is 3.40. The van der Waals surface area contributed by atoms with Crippen molar-refractivity contribution in [1.82, 2.24) is 10.2 Å². The number of hydrogen-bond donors (Lipinski definition) is 1. The summed E-state index contributed by atoms with van der Waals surface area (Å²) in [6.07, 6.45) is 0. The molecular formula is C19H24Cl2N2O. The van der Waals surface area contributed by atoms with E-state index >= 15 is 0 Å². The second-order valence-electron chi connectivity index (χ2n) is 6.17. The van der Waals surface area contributed by atoms with Crippen LogP contribution < -0.4 is 10.1 Å². The second-order valence-corrected chi connectivity index (χ2v) is 6.17. The molecule has 2 aliphatic rings. The fourth-order valence-electron chi connectivity index (χ4n) is 3.86. The minimum absolute atomic E-state index is 0. The topological polar surface area (TPSA) is 24.5 Å². The molecule has 0 radical (unpaired) electrons. The molecule has 0 unspecified atom stereocenters. The first-order valence-corrected chi connectivity index (χ1v) is 8.04. The summed E-state index contributed by atoms with van der Waals surface area (Å²) in [5.74, 6) is 1.41. The van der Waals surface area contributed by atoms with Crippen LogP contribution in [0.15, 0.2) is 48.5 Å². The van der Waals surface area contributed by atoms with Crippen molar-refractivity contribution in [3.63, 3.8) is 0 Å². The number of nitrogens with zero attached hydrogens (tertiary/aromatic N) is 1. The highest BCUT2D eigenvalue weighted by Gasteiger charge is 2.35. The van der Waals surface area contributed by atoms with Crippen molar-refractivity contribution < 1.29 is 4.74 Å². The van der Waals surface area contributed by atoms with Crippen molar-refractivity contribution in [3.8, 4) is 5.75 Å². The number of piperazine rings is 1. The Morgan fingerprint density at radius 3 is 2.58 bits per heavy atom. The van der Waals surface area contributed by atoms with Crippen molar-refractivity contribution in [2.75, 3.05) is 33.3 Å². The summed E-state index contributed by atoms with van der Waals surface area (Å²) < 4.78 is 5.46. The lowest BCUT2D eigenvalue weighted by Crippen LogP contribution is -2.50. The summed E-state index contributed by atoms with van der Waals surface area (Å²) in [7, 11) is 1.75. The number of halogens is 2. The van der Waals surface area contributed by atoms with Crippen molar-refractivity contribution in [2.45, 2.75) is 12.0 Å². The molecule has 5 heteroatoms. The average molecular weight is 367 g/mol. The van der Waals surface area contributed by atoms with Gasteiger partial charge < -0.3 is 10.1 Å². The highest BCUT2D eigenvalue weighted by Crippen LogP contribution is 2.41. The Kier molecular flexibility index (Phi) is 6.53. The van der Waals surface area contributed by atoms with Crippen LogP contribution in [-0.4, -0.2) is 38.2 Å². The Morgan fingerprint density at radius 1 is 1.04 bits per heavy atom. The summed E-state index contributed by atoms with van der Waals surface area (Å²) in [5.41, 5.74) is 4.29. The third-order valence-corrected chi connectivity index (χ3v) is 5.00. The van der Waals surface area contributed by atoms with Gasteiger partial charge in [-0.15, -0.1) is 24.8 Å². The van der Waals surface area contributed by atoms with Crippen LogP contribution in [0.3, 0.4) is 0 Å². The van der Waals surface area contributed by atoms with Crippen LogP contribution in [0.2, 0.25) is 0 Å². The summed E-state index contributed by atoms with van der Waals surface area (Å²) >= 11 is 0. The normalized spacial score (nSPS) is 22.4. The fourth-order valence-corrected chi connectivity index (χ4v) is 3.86. The van der Waals surface area contributed by atoms with Crippen LogP contribution in [0, 0.1) is 0 Å². The maximum absolute atomic E-state index is 5.46. The monoisotopic (exact) mass is 366 g/mol. The van der Waals surface area contributed by atoms with E-state index in [1.54, 1.807) is 7.11 Å². The van der Waals surface area contributed by atoms with E-state index in [9.17, 15) is 0 Å². The molecule has 0 bridgehead atoms. The molecular weight excluding hydrogens is 343 g/mol. The highest BCUT2D eigenvalue weighted by molar-refractivity contribution is 5.85. The van der Waals surface area contributed by atoms with E-state index < -0.39 is 0 Å². The van der Waals surface area contributed by atoms with Gasteiger partial charge in [-0.2, -0.15) is 0 Å². The molecule has 1 N–H and O–H groups in total. The average Bonchev–Trinajstić information content (AvgIpc) is 2.61. The first-order valence-electron chi connectivity index (χ1n) is 8.04. The Balaban J connectivity index is 0.00000104. The Bertz CT molecular complexity index is 666. The molecule has 24 heavy (non-hydrogen) atoms. The molecule has 2 aliphatic heterocycles. The van der Waals surface area contributed by atoms with Crippen LogP contribution in [0.1, 0.15) is 28.7 Å². The van der Waals surface area contributed by atoms with Gasteiger partial charge in [-0.25, -0.2) is 0 Å². The smallest absolute Gasteiger partial charge is 0.119 e. The SMILES string of the molecule is COc1ccc2c(c1)[C@H]1CNCCN1C[C@H]2c1ccccc1.Cl.Cl. The van der Waals surface area contributed by atoms with Gasteiger partial charge in [-0.1, -0.05) is 36.4 Å². The standard InChI is InChI=1S/C19H22N2O.2ClH/c1-22-15-7-8-16-17(11-15)19-12-20-9-10-21(19)13-18(16)14-5-3-2-4-6-14;;/h2-8,11,18-20H,9-10,12-13H2,1H3;2*1H/t18-,19+;;/m0../s1. The van der Waals surface area contributed by atoms with Gasteiger partial charge in [-0.3, -0.25) is 4.90 Å². The lowest BCUT2D eigenvalue weighted by molar-refractivity contribution is 0.143. The summed E-state index contributed by atoms with van der Waals surface area (Å²) in [4.78, 5) is 2.62. The number of methoxy groups -OCH3 is 1. The summed E-state index contributed by atoms with van der Waals surface area (Å²) in [5, 5.41) is 3.53. The van der Waals surface area contributed by atoms with Gasteiger partial charge in [0, 0.05) is 38.1 Å². The molecule has 2 heterocycles. The molecule has 2 atom stereocenters. The Morgan fingerprint density at radius 2 is 1.83 bits per heavy atom. The van der Waals surface area contributed by atoms with Gasteiger partial charge in [0.05, 0.1) is 7.11 Å². The maximum Gasteiger partial charge on any atom is 0.119 e. The highest BCUT2D eigenvalue weighted by atomic mass is 35.5. The molecule has 4 rings (SSSR count). The lowest BCUT2D eigenvalue weighted by Gasteiger charge is -2.44. The molecule has 0 aliphatic carbocycles. The number of rotatable bonds is 2. The number of nitrogens with one attached hydrogen (secondary N) is 1. The Labute approximate surface area is 156 Å². The molecule has 0 amide bonds. The number of hydrogen-bond acceptors (Lipinski definition) is 3. The minimum Gasteiger partial charge on any atom is -0.497 e. The molecule has 2 aromatic rings. The largest absolute Gasteiger partial charge is 0.497 e. The molecule has 1 saturated heterocycles. The molecule has 0 aromatic heterocycles. The van der Waals surface area contributed by atoms with Crippen molar-refractivity contribution in [2.24, 2.45) is 0 Å². The first kappa shape index (κ1) is 19.1. The third-order valence-electron chi connectivity index (χ3n) is 5.00. The number of benzene rings is 2. The van der Waals surface area contributed by atoms with Crippen molar-refractivity contribution >= 4 is 24.8 Å². The van der Waals surface area contributed by atoms with Crippen LogP contribution >= 0.6 is 24.8 Å². The predicted molar refractivity (Wildman–Crippen MR) is 103 cm³/mol. The Hall–Kier alpha value is -1.26. The quantitative estimate of drug-likeness (QED) is 0.877. The zero-order valence-electron chi connectivity index (χ0n) is 13.8. The van der Waals surface area contributed by atoms with E-state index in [-0.39, 0.29) is 24.8 Å². The molecule has 130 valence electrons. The molecule has 0 saturated carbocycles. The summed E-state index contributed by atoms with van der Waals surface area (Å²) in [6.45, 7) is 4.33. The summed E-state index contributed by atoms with van der Waals surface area (Å²) in [6, 6.07) is 17.9. The zero-order valence-corrected chi connectivity index (χ0v) is 15.4. The van der Waals surface area contributed by atoms with Gasteiger partial charge in [0.1, 0.15) is 5.75 Å². The van der Waals surface area contributed by atoms with Crippen molar-refractivity contribution in [1.29, 1.82) is 0 Å². The molecule has 0 spiro atoms. The molecule has 1 fully saturated rings. The fraction of sp³-hybridized carbons (Fsp3) is 0.368.